The van der Waals surface area contributed by atoms with Gasteiger partial charge in [-0.05, 0) is 14.0 Å². The van der Waals surface area contributed by atoms with Gasteiger partial charge in [-0.2, -0.15) is 0 Å². The first kappa shape index (κ1) is 15.8. The van der Waals surface area contributed by atoms with Gasteiger partial charge in [-0.3, -0.25) is 4.79 Å². The zero-order valence-electron chi connectivity index (χ0n) is 12.7. The van der Waals surface area contributed by atoms with E-state index in [1.807, 2.05) is 6.92 Å². The van der Waals surface area contributed by atoms with Crippen LogP contribution in [-0.2, 0) is 0 Å². The molecule has 7 heteroatoms. The molecule has 0 atom stereocenters. The van der Waals surface area contributed by atoms with Crippen molar-refractivity contribution in [3.63, 3.8) is 0 Å². The highest BCUT2D eigenvalue weighted by atomic mass is 32.1. The molecule has 0 unspecified atom stereocenters. The Morgan fingerprint density at radius 1 is 1.48 bits per heavy atom. The molecular weight excluding hydrogens is 286 g/mol. The summed E-state index contributed by atoms with van der Waals surface area (Å²) in [4.78, 5) is 23.6. The Morgan fingerprint density at radius 3 is 2.71 bits per heavy atom. The number of hydrogen-bond acceptors (Lipinski definition) is 6. The monoisotopic (exact) mass is 309 g/mol. The molecule has 1 aromatic rings. The molecule has 1 fully saturated rings. The standard InChI is InChI=1S/C14H23N5OS/c1-4-6-18(5-2)13(20)11-12(15)16-14(21-11)19-9-7-17(3)8-10-19/h4H,1,5-10,15H2,2-3H3. The van der Waals surface area contributed by atoms with Gasteiger partial charge in [0.2, 0.25) is 0 Å². The number of likely N-dealkylation sites (N-methyl/N-ethyl adjacent to an activating group) is 2. The Bertz CT molecular complexity index is 507. The third-order valence-electron chi connectivity index (χ3n) is 3.63. The molecule has 116 valence electrons. The Hall–Kier alpha value is -1.60. The first-order valence-electron chi connectivity index (χ1n) is 7.16. The summed E-state index contributed by atoms with van der Waals surface area (Å²) in [6.07, 6.45) is 1.72. The molecule has 1 aromatic heterocycles. The molecule has 0 aliphatic carbocycles. The minimum absolute atomic E-state index is 0.0622. The molecule has 2 rings (SSSR count). The smallest absolute Gasteiger partial charge is 0.268 e. The predicted octanol–water partition coefficient (Wildman–Crippen LogP) is 1.13. The number of amides is 1. The number of nitrogen functional groups attached to an aromatic ring is 1. The first-order chi connectivity index (χ1) is 10.1. The zero-order chi connectivity index (χ0) is 15.4. The van der Waals surface area contributed by atoms with Crippen molar-refractivity contribution in [1.82, 2.24) is 14.8 Å². The van der Waals surface area contributed by atoms with E-state index in [9.17, 15) is 4.79 Å². The number of carbonyl (C=O) groups excluding carboxylic acids is 1. The minimum atomic E-state index is -0.0622. The topological polar surface area (TPSA) is 65.7 Å². The molecule has 6 nitrogen and oxygen atoms in total. The molecule has 1 saturated heterocycles. The van der Waals surface area contributed by atoms with Gasteiger partial charge in [0, 0.05) is 39.3 Å². The van der Waals surface area contributed by atoms with E-state index >= 15 is 0 Å². The second-order valence-electron chi connectivity index (χ2n) is 5.13. The molecule has 21 heavy (non-hydrogen) atoms. The lowest BCUT2D eigenvalue weighted by Crippen LogP contribution is -2.44. The molecule has 1 aliphatic rings. The van der Waals surface area contributed by atoms with Crippen molar-refractivity contribution < 1.29 is 4.79 Å². The van der Waals surface area contributed by atoms with Crippen LogP contribution in [0.25, 0.3) is 0 Å². The van der Waals surface area contributed by atoms with Crippen LogP contribution in [0.5, 0.6) is 0 Å². The van der Waals surface area contributed by atoms with Crippen LogP contribution in [-0.4, -0.2) is 67.0 Å². The van der Waals surface area contributed by atoms with E-state index in [1.54, 1.807) is 11.0 Å². The third kappa shape index (κ3) is 3.54. The Morgan fingerprint density at radius 2 is 2.14 bits per heavy atom. The van der Waals surface area contributed by atoms with Gasteiger partial charge in [-0.25, -0.2) is 4.98 Å². The summed E-state index contributed by atoms with van der Waals surface area (Å²) < 4.78 is 0. The average Bonchev–Trinajstić information content (AvgIpc) is 2.86. The van der Waals surface area contributed by atoms with E-state index in [4.69, 9.17) is 5.73 Å². The molecule has 0 bridgehead atoms. The SMILES string of the molecule is C=CCN(CC)C(=O)c1sc(N2CCN(C)CC2)nc1N. The van der Waals surface area contributed by atoms with Crippen LogP contribution in [0.2, 0.25) is 0 Å². The fourth-order valence-corrected chi connectivity index (χ4v) is 3.27. The van der Waals surface area contributed by atoms with Crippen LogP contribution in [0.15, 0.2) is 12.7 Å². The Kier molecular flexibility index (Phi) is 5.19. The summed E-state index contributed by atoms with van der Waals surface area (Å²) >= 11 is 1.39. The lowest BCUT2D eigenvalue weighted by molar-refractivity contribution is 0.0787. The van der Waals surface area contributed by atoms with Gasteiger partial charge in [0.25, 0.3) is 5.91 Å². The van der Waals surface area contributed by atoms with E-state index < -0.39 is 0 Å². The van der Waals surface area contributed by atoms with Crippen LogP contribution in [0, 0.1) is 0 Å². The van der Waals surface area contributed by atoms with E-state index in [0.29, 0.717) is 23.8 Å². The van der Waals surface area contributed by atoms with Crippen molar-refractivity contribution >= 4 is 28.2 Å². The van der Waals surface area contributed by atoms with Crippen LogP contribution in [0.3, 0.4) is 0 Å². The molecule has 0 spiro atoms. The molecule has 2 heterocycles. The number of piperazine rings is 1. The highest BCUT2D eigenvalue weighted by molar-refractivity contribution is 7.18. The van der Waals surface area contributed by atoms with Crippen molar-refractivity contribution in [3.8, 4) is 0 Å². The second-order valence-corrected chi connectivity index (χ2v) is 6.11. The maximum Gasteiger partial charge on any atom is 0.268 e. The zero-order valence-corrected chi connectivity index (χ0v) is 13.5. The van der Waals surface area contributed by atoms with Crippen molar-refractivity contribution in [2.75, 3.05) is 56.9 Å². The fourth-order valence-electron chi connectivity index (χ4n) is 2.26. The summed E-state index contributed by atoms with van der Waals surface area (Å²) in [5.74, 6) is 0.272. The highest BCUT2D eigenvalue weighted by Crippen LogP contribution is 2.29. The molecule has 2 N–H and O–H groups in total. The van der Waals surface area contributed by atoms with Gasteiger partial charge in [0.05, 0.1) is 0 Å². The van der Waals surface area contributed by atoms with Crippen LogP contribution >= 0.6 is 11.3 Å². The molecular formula is C14H23N5OS. The van der Waals surface area contributed by atoms with Crippen molar-refractivity contribution in [2.24, 2.45) is 0 Å². The van der Waals surface area contributed by atoms with E-state index in [1.165, 1.54) is 11.3 Å². The van der Waals surface area contributed by atoms with E-state index in [0.717, 1.165) is 31.3 Å². The lowest BCUT2D eigenvalue weighted by Gasteiger charge is -2.32. The summed E-state index contributed by atoms with van der Waals surface area (Å²) in [6.45, 7) is 10.6. The number of hydrogen-bond donors (Lipinski definition) is 1. The van der Waals surface area contributed by atoms with Gasteiger partial charge in [0.1, 0.15) is 10.7 Å². The van der Waals surface area contributed by atoms with Crippen LogP contribution < -0.4 is 10.6 Å². The van der Waals surface area contributed by atoms with E-state index in [2.05, 4.69) is 28.4 Å². The van der Waals surface area contributed by atoms with Crippen LogP contribution in [0.4, 0.5) is 10.9 Å². The molecule has 0 saturated carbocycles. The van der Waals surface area contributed by atoms with Crippen molar-refractivity contribution in [2.45, 2.75) is 6.92 Å². The summed E-state index contributed by atoms with van der Waals surface area (Å²) in [5.41, 5.74) is 5.95. The molecule has 0 radical (unpaired) electrons. The summed E-state index contributed by atoms with van der Waals surface area (Å²) in [7, 11) is 2.11. The Balaban J connectivity index is 2.15. The maximum atomic E-state index is 12.5. The van der Waals surface area contributed by atoms with Gasteiger partial charge >= 0.3 is 0 Å². The minimum Gasteiger partial charge on any atom is -0.382 e. The number of thiazole rings is 1. The van der Waals surface area contributed by atoms with Gasteiger partial charge in [0.15, 0.2) is 5.13 Å². The summed E-state index contributed by atoms with van der Waals surface area (Å²) in [6, 6.07) is 0. The first-order valence-corrected chi connectivity index (χ1v) is 7.98. The number of nitrogens with zero attached hydrogens (tertiary/aromatic N) is 4. The highest BCUT2D eigenvalue weighted by Gasteiger charge is 2.24. The number of carbonyl (C=O) groups is 1. The Labute approximate surface area is 129 Å². The quantitative estimate of drug-likeness (QED) is 0.826. The number of anilines is 2. The second kappa shape index (κ2) is 6.91. The largest absolute Gasteiger partial charge is 0.382 e. The van der Waals surface area contributed by atoms with Crippen LogP contribution in [0.1, 0.15) is 16.6 Å². The molecule has 1 aliphatic heterocycles. The number of nitrogens with two attached hydrogens (primary N) is 1. The number of aromatic nitrogens is 1. The predicted molar refractivity (Wildman–Crippen MR) is 88.0 cm³/mol. The average molecular weight is 309 g/mol. The van der Waals surface area contributed by atoms with Crippen molar-refractivity contribution in [3.05, 3.63) is 17.5 Å². The normalized spacial score (nSPS) is 16.0. The van der Waals surface area contributed by atoms with E-state index in [-0.39, 0.29) is 5.91 Å². The molecule has 0 aromatic carbocycles. The third-order valence-corrected chi connectivity index (χ3v) is 4.75. The fraction of sp³-hybridized carbons (Fsp3) is 0.571. The number of rotatable bonds is 5. The van der Waals surface area contributed by atoms with Crippen molar-refractivity contribution in [1.29, 1.82) is 0 Å². The summed E-state index contributed by atoms with van der Waals surface area (Å²) in [5, 5.41) is 0.846. The van der Waals surface area contributed by atoms with Gasteiger partial charge in [-0.15, -0.1) is 6.58 Å². The maximum absolute atomic E-state index is 12.5. The molecule has 1 amide bonds. The van der Waals surface area contributed by atoms with Gasteiger partial charge in [-0.1, -0.05) is 17.4 Å². The lowest BCUT2D eigenvalue weighted by atomic mass is 10.3. The van der Waals surface area contributed by atoms with Gasteiger partial charge < -0.3 is 20.4 Å².